The molecule has 2 rings (SSSR count). The van der Waals surface area contributed by atoms with E-state index in [0.717, 1.165) is 19.3 Å². The number of benzene rings is 1. The van der Waals surface area contributed by atoms with E-state index in [0.29, 0.717) is 30.7 Å². The van der Waals surface area contributed by atoms with E-state index >= 15 is 0 Å². The first-order valence-electron chi connectivity index (χ1n) is 8.64. The summed E-state index contributed by atoms with van der Waals surface area (Å²) in [5, 5.41) is 23.1. The van der Waals surface area contributed by atoms with Crippen molar-refractivity contribution >= 4 is 17.6 Å². The molecule has 0 radical (unpaired) electrons. The summed E-state index contributed by atoms with van der Waals surface area (Å²) in [5.74, 6) is -0.788. The quantitative estimate of drug-likeness (QED) is 0.581. The number of non-ortho nitro benzene ring substituents is 1. The molecule has 136 valence electrons. The molecule has 1 saturated carbocycles. The SMILES string of the molecule is CCC1CCC(NC(=O)CCc2cccc([N+](=O)[O-])c2)(C(=O)O)CC1. The minimum Gasteiger partial charge on any atom is -0.480 e. The molecule has 0 spiro atoms. The lowest BCUT2D eigenvalue weighted by molar-refractivity contribution is -0.384. The van der Waals surface area contributed by atoms with Gasteiger partial charge in [0, 0.05) is 18.6 Å². The summed E-state index contributed by atoms with van der Waals surface area (Å²) in [6.07, 6.45) is 3.96. The largest absolute Gasteiger partial charge is 0.480 e. The second-order valence-electron chi connectivity index (χ2n) is 6.71. The van der Waals surface area contributed by atoms with Gasteiger partial charge in [-0.3, -0.25) is 14.9 Å². The number of carboxylic acids is 1. The number of carboxylic acid groups (broad SMARTS) is 1. The van der Waals surface area contributed by atoms with Crippen LogP contribution < -0.4 is 5.32 Å². The summed E-state index contributed by atoms with van der Waals surface area (Å²) in [7, 11) is 0. The zero-order valence-corrected chi connectivity index (χ0v) is 14.4. The summed E-state index contributed by atoms with van der Waals surface area (Å²) >= 11 is 0. The Labute approximate surface area is 146 Å². The van der Waals surface area contributed by atoms with Gasteiger partial charge in [0.2, 0.25) is 5.91 Å². The minimum atomic E-state index is -1.18. The Bertz CT molecular complexity index is 651. The van der Waals surface area contributed by atoms with E-state index < -0.39 is 16.4 Å². The zero-order valence-electron chi connectivity index (χ0n) is 14.4. The summed E-state index contributed by atoms with van der Waals surface area (Å²) < 4.78 is 0. The average molecular weight is 348 g/mol. The molecule has 0 saturated heterocycles. The fourth-order valence-electron chi connectivity index (χ4n) is 3.38. The first kappa shape index (κ1) is 18.9. The predicted octanol–water partition coefficient (Wildman–Crippen LogP) is 3.07. The molecule has 7 heteroatoms. The van der Waals surface area contributed by atoms with Gasteiger partial charge in [0.25, 0.3) is 5.69 Å². The molecule has 1 aliphatic rings. The van der Waals surface area contributed by atoms with Crippen molar-refractivity contribution in [2.24, 2.45) is 5.92 Å². The van der Waals surface area contributed by atoms with Crippen LogP contribution in [0.1, 0.15) is 51.0 Å². The van der Waals surface area contributed by atoms with Crippen molar-refractivity contribution in [3.05, 3.63) is 39.9 Å². The standard InChI is InChI=1S/C18H24N2O5/c1-2-13-8-10-18(11-9-13,17(22)23)19-16(21)7-6-14-4-3-5-15(12-14)20(24)25/h3-5,12-13H,2,6-11H2,1H3,(H,19,21)(H,22,23). The maximum Gasteiger partial charge on any atom is 0.329 e. The molecule has 7 nitrogen and oxygen atoms in total. The number of hydrogen-bond acceptors (Lipinski definition) is 4. The maximum atomic E-state index is 12.3. The highest BCUT2D eigenvalue weighted by molar-refractivity contribution is 5.87. The number of aryl methyl sites for hydroxylation is 1. The highest BCUT2D eigenvalue weighted by Crippen LogP contribution is 2.34. The molecule has 25 heavy (non-hydrogen) atoms. The second-order valence-corrected chi connectivity index (χ2v) is 6.71. The predicted molar refractivity (Wildman–Crippen MR) is 92.2 cm³/mol. The van der Waals surface area contributed by atoms with E-state index in [9.17, 15) is 24.8 Å². The van der Waals surface area contributed by atoms with Crippen LogP contribution in [0.2, 0.25) is 0 Å². The fraction of sp³-hybridized carbons (Fsp3) is 0.556. The molecule has 1 amide bonds. The number of rotatable bonds is 7. The Hall–Kier alpha value is -2.44. The summed E-state index contributed by atoms with van der Waals surface area (Å²) in [5.41, 5.74) is -0.507. The smallest absolute Gasteiger partial charge is 0.329 e. The molecule has 0 aliphatic heterocycles. The average Bonchev–Trinajstić information content (AvgIpc) is 2.60. The lowest BCUT2D eigenvalue weighted by Gasteiger charge is -2.37. The van der Waals surface area contributed by atoms with Crippen LogP contribution in [0.5, 0.6) is 0 Å². The van der Waals surface area contributed by atoms with Gasteiger partial charge in [-0.2, -0.15) is 0 Å². The molecule has 0 heterocycles. The molecule has 0 atom stereocenters. The number of aliphatic carboxylic acids is 1. The van der Waals surface area contributed by atoms with Crippen LogP contribution in [0.25, 0.3) is 0 Å². The zero-order chi connectivity index (χ0) is 18.4. The first-order chi connectivity index (χ1) is 11.9. The lowest BCUT2D eigenvalue weighted by Crippen LogP contribution is -2.56. The van der Waals surface area contributed by atoms with Gasteiger partial charge in [-0.05, 0) is 43.6 Å². The van der Waals surface area contributed by atoms with Crippen LogP contribution in [0.15, 0.2) is 24.3 Å². The molecule has 1 aromatic carbocycles. The number of nitro benzene ring substituents is 1. The monoisotopic (exact) mass is 348 g/mol. The van der Waals surface area contributed by atoms with Crippen LogP contribution in [-0.4, -0.2) is 27.4 Å². The number of nitrogens with one attached hydrogen (secondary N) is 1. The van der Waals surface area contributed by atoms with Gasteiger partial charge in [0.1, 0.15) is 5.54 Å². The van der Waals surface area contributed by atoms with Crippen molar-refractivity contribution in [3.8, 4) is 0 Å². The van der Waals surface area contributed by atoms with Crippen molar-refractivity contribution in [2.75, 3.05) is 0 Å². The van der Waals surface area contributed by atoms with Gasteiger partial charge >= 0.3 is 5.97 Å². The number of carbonyl (C=O) groups excluding carboxylic acids is 1. The Balaban J connectivity index is 1.95. The molecule has 2 N–H and O–H groups in total. The third kappa shape index (κ3) is 4.78. The summed E-state index contributed by atoms with van der Waals surface area (Å²) in [6.45, 7) is 2.09. The Kier molecular flexibility index (Phi) is 6.12. The highest BCUT2D eigenvalue weighted by Gasteiger charge is 2.42. The van der Waals surface area contributed by atoms with E-state index in [2.05, 4.69) is 12.2 Å². The van der Waals surface area contributed by atoms with E-state index in [1.807, 2.05) is 0 Å². The van der Waals surface area contributed by atoms with Gasteiger partial charge < -0.3 is 10.4 Å². The molecular formula is C18H24N2O5. The van der Waals surface area contributed by atoms with Crippen molar-refractivity contribution in [1.82, 2.24) is 5.32 Å². The summed E-state index contributed by atoms with van der Waals surface area (Å²) in [6, 6.07) is 6.14. The highest BCUT2D eigenvalue weighted by atomic mass is 16.6. The third-order valence-electron chi connectivity index (χ3n) is 5.09. The molecule has 0 unspecified atom stereocenters. The fourth-order valence-corrected chi connectivity index (χ4v) is 3.38. The normalized spacial score (nSPS) is 23.0. The minimum absolute atomic E-state index is 0.0159. The van der Waals surface area contributed by atoms with Crippen LogP contribution >= 0.6 is 0 Å². The van der Waals surface area contributed by atoms with Gasteiger partial charge in [0.15, 0.2) is 0 Å². The Morgan fingerprint density at radius 2 is 2.04 bits per heavy atom. The number of carbonyl (C=O) groups is 2. The number of nitro groups is 1. The Morgan fingerprint density at radius 1 is 1.36 bits per heavy atom. The maximum absolute atomic E-state index is 12.3. The van der Waals surface area contributed by atoms with Crippen LogP contribution in [0.3, 0.4) is 0 Å². The van der Waals surface area contributed by atoms with E-state index in [-0.39, 0.29) is 18.0 Å². The van der Waals surface area contributed by atoms with Crippen molar-refractivity contribution in [2.45, 2.75) is 57.4 Å². The van der Waals surface area contributed by atoms with Crippen molar-refractivity contribution in [3.63, 3.8) is 0 Å². The van der Waals surface area contributed by atoms with Crippen LogP contribution in [0, 0.1) is 16.0 Å². The molecule has 1 aliphatic carbocycles. The topological polar surface area (TPSA) is 110 Å². The molecule has 0 aromatic heterocycles. The van der Waals surface area contributed by atoms with E-state index in [1.165, 1.54) is 12.1 Å². The Morgan fingerprint density at radius 3 is 2.60 bits per heavy atom. The lowest BCUT2D eigenvalue weighted by atomic mass is 9.75. The number of hydrogen-bond donors (Lipinski definition) is 2. The number of nitrogens with zero attached hydrogens (tertiary/aromatic N) is 1. The van der Waals surface area contributed by atoms with Crippen molar-refractivity contribution in [1.29, 1.82) is 0 Å². The molecule has 1 aromatic rings. The van der Waals surface area contributed by atoms with E-state index in [4.69, 9.17) is 0 Å². The number of amides is 1. The molecule has 0 bridgehead atoms. The molecule has 1 fully saturated rings. The molecular weight excluding hydrogens is 324 g/mol. The third-order valence-corrected chi connectivity index (χ3v) is 5.09. The van der Waals surface area contributed by atoms with Gasteiger partial charge in [0.05, 0.1) is 4.92 Å². The van der Waals surface area contributed by atoms with E-state index in [1.54, 1.807) is 12.1 Å². The van der Waals surface area contributed by atoms with Gasteiger partial charge in [-0.1, -0.05) is 25.5 Å². The van der Waals surface area contributed by atoms with Gasteiger partial charge in [-0.15, -0.1) is 0 Å². The first-order valence-corrected chi connectivity index (χ1v) is 8.64. The van der Waals surface area contributed by atoms with Crippen LogP contribution in [-0.2, 0) is 16.0 Å². The summed E-state index contributed by atoms with van der Waals surface area (Å²) in [4.78, 5) is 34.3. The second kappa shape index (κ2) is 8.09. The van der Waals surface area contributed by atoms with Crippen LogP contribution in [0.4, 0.5) is 5.69 Å². The van der Waals surface area contributed by atoms with Crippen molar-refractivity contribution < 1.29 is 19.6 Å². The van der Waals surface area contributed by atoms with Gasteiger partial charge in [-0.25, -0.2) is 4.79 Å².